The molecular formula is C10H11NO4. The van der Waals surface area contributed by atoms with Gasteiger partial charge in [0.15, 0.2) is 6.61 Å². The maximum absolute atomic E-state index is 10.8. The molecular weight excluding hydrogens is 198 g/mol. The Morgan fingerprint density at radius 3 is 2.67 bits per heavy atom. The van der Waals surface area contributed by atoms with Crippen LogP contribution in [0.25, 0.3) is 0 Å². The highest BCUT2D eigenvalue weighted by molar-refractivity contribution is 5.91. The number of nitrogens with two attached hydrogens (primary N) is 1. The molecule has 5 heteroatoms. The molecule has 0 bridgehead atoms. The van der Waals surface area contributed by atoms with Crippen molar-refractivity contribution in [2.24, 2.45) is 5.73 Å². The first kappa shape index (κ1) is 11.0. The molecule has 0 aliphatic carbocycles. The molecule has 5 nitrogen and oxygen atoms in total. The Hall–Kier alpha value is -2.04. The second kappa shape index (κ2) is 4.45. The Kier molecular flexibility index (Phi) is 3.28. The highest BCUT2D eigenvalue weighted by Crippen LogP contribution is 2.23. The molecule has 80 valence electrons. The van der Waals surface area contributed by atoms with Crippen LogP contribution >= 0.6 is 0 Å². The predicted octanol–water partition coefficient (Wildman–Crippen LogP) is 0.557. The SMILES string of the molecule is Cc1cccc(C(=O)O)c1OCC(N)=O. The van der Waals surface area contributed by atoms with Gasteiger partial charge in [-0.2, -0.15) is 0 Å². The molecule has 0 heterocycles. The normalized spacial score (nSPS) is 9.67. The number of ether oxygens (including phenoxy) is 1. The number of hydrogen-bond acceptors (Lipinski definition) is 3. The lowest BCUT2D eigenvalue weighted by molar-refractivity contribution is -0.119. The highest BCUT2D eigenvalue weighted by atomic mass is 16.5. The van der Waals surface area contributed by atoms with Crippen molar-refractivity contribution in [3.05, 3.63) is 29.3 Å². The molecule has 0 spiro atoms. The van der Waals surface area contributed by atoms with Crippen LogP contribution < -0.4 is 10.5 Å². The number of aromatic carboxylic acids is 1. The average molecular weight is 209 g/mol. The molecule has 1 rings (SSSR count). The molecule has 0 atom stereocenters. The molecule has 0 saturated carbocycles. The van der Waals surface area contributed by atoms with Crippen molar-refractivity contribution in [3.8, 4) is 5.75 Å². The van der Waals surface area contributed by atoms with Crippen LogP contribution in [-0.4, -0.2) is 23.6 Å². The van der Waals surface area contributed by atoms with Gasteiger partial charge in [0.05, 0.1) is 0 Å². The van der Waals surface area contributed by atoms with Gasteiger partial charge in [0.1, 0.15) is 11.3 Å². The van der Waals surface area contributed by atoms with Crippen LogP contribution in [0.2, 0.25) is 0 Å². The third kappa shape index (κ3) is 2.70. The predicted molar refractivity (Wildman–Crippen MR) is 52.8 cm³/mol. The standard InChI is InChI=1S/C10H11NO4/c1-6-3-2-4-7(10(13)14)9(6)15-5-8(11)12/h2-4H,5H2,1H3,(H2,11,12)(H,13,14). The molecule has 0 saturated heterocycles. The van der Waals surface area contributed by atoms with Gasteiger partial charge < -0.3 is 15.6 Å². The maximum atomic E-state index is 10.8. The Labute approximate surface area is 86.5 Å². The van der Waals surface area contributed by atoms with Crippen molar-refractivity contribution in [2.75, 3.05) is 6.61 Å². The zero-order valence-electron chi connectivity index (χ0n) is 8.19. The van der Waals surface area contributed by atoms with Crippen LogP contribution in [-0.2, 0) is 4.79 Å². The van der Waals surface area contributed by atoms with E-state index in [0.29, 0.717) is 5.56 Å². The summed E-state index contributed by atoms with van der Waals surface area (Å²) in [5, 5.41) is 8.86. The van der Waals surface area contributed by atoms with E-state index in [1.807, 2.05) is 0 Å². The van der Waals surface area contributed by atoms with Crippen molar-refractivity contribution in [2.45, 2.75) is 6.92 Å². The van der Waals surface area contributed by atoms with Gasteiger partial charge in [0.25, 0.3) is 5.91 Å². The third-order valence-corrected chi connectivity index (χ3v) is 1.80. The lowest BCUT2D eigenvalue weighted by atomic mass is 10.1. The van der Waals surface area contributed by atoms with Gasteiger partial charge in [-0.1, -0.05) is 12.1 Å². The van der Waals surface area contributed by atoms with Crippen molar-refractivity contribution in [1.29, 1.82) is 0 Å². The van der Waals surface area contributed by atoms with Crippen LogP contribution in [0.4, 0.5) is 0 Å². The molecule has 0 aliphatic rings. The monoisotopic (exact) mass is 209 g/mol. The summed E-state index contributed by atoms with van der Waals surface area (Å²) in [4.78, 5) is 21.3. The number of rotatable bonds is 4. The molecule has 0 aromatic heterocycles. The van der Waals surface area contributed by atoms with E-state index in [1.165, 1.54) is 6.07 Å². The Balaban J connectivity index is 3.02. The van der Waals surface area contributed by atoms with Crippen LogP contribution in [0.15, 0.2) is 18.2 Å². The number of carboxylic acid groups (broad SMARTS) is 1. The first-order chi connectivity index (χ1) is 7.02. The number of carbonyl (C=O) groups is 2. The van der Waals surface area contributed by atoms with Crippen molar-refractivity contribution < 1.29 is 19.4 Å². The molecule has 0 aliphatic heterocycles. The molecule has 15 heavy (non-hydrogen) atoms. The number of carbonyl (C=O) groups excluding carboxylic acids is 1. The number of para-hydroxylation sites is 1. The number of benzene rings is 1. The Morgan fingerprint density at radius 2 is 2.13 bits per heavy atom. The molecule has 1 amide bonds. The Bertz CT molecular complexity index is 400. The number of aryl methyl sites for hydroxylation is 1. The first-order valence-electron chi connectivity index (χ1n) is 4.26. The number of primary amides is 1. The quantitative estimate of drug-likeness (QED) is 0.758. The highest BCUT2D eigenvalue weighted by Gasteiger charge is 2.13. The fraction of sp³-hybridized carbons (Fsp3) is 0.200. The smallest absolute Gasteiger partial charge is 0.339 e. The van der Waals surface area contributed by atoms with Gasteiger partial charge in [0, 0.05) is 0 Å². The minimum atomic E-state index is -1.10. The van der Waals surface area contributed by atoms with Crippen molar-refractivity contribution >= 4 is 11.9 Å². The third-order valence-electron chi connectivity index (χ3n) is 1.80. The summed E-state index contributed by atoms with van der Waals surface area (Å²) in [6, 6.07) is 4.71. The molecule has 3 N–H and O–H groups in total. The second-order valence-corrected chi connectivity index (χ2v) is 3.01. The first-order valence-corrected chi connectivity index (χ1v) is 4.26. The molecule has 0 unspecified atom stereocenters. The molecule has 1 aromatic rings. The fourth-order valence-electron chi connectivity index (χ4n) is 1.16. The summed E-state index contributed by atoms with van der Waals surface area (Å²) in [5.41, 5.74) is 5.58. The van der Waals surface area contributed by atoms with E-state index in [0.717, 1.165) is 0 Å². The largest absolute Gasteiger partial charge is 0.483 e. The minimum Gasteiger partial charge on any atom is -0.483 e. The minimum absolute atomic E-state index is 0.0243. The summed E-state index contributed by atoms with van der Waals surface area (Å²) in [5.74, 6) is -1.56. The van der Waals surface area contributed by atoms with E-state index < -0.39 is 11.9 Å². The van der Waals surface area contributed by atoms with Gasteiger partial charge in [-0.15, -0.1) is 0 Å². The number of hydrogen-bond donors (Lipinski definition) is 2. The van der Waals surface area contributed by atoms with E-state index in [4.69, 9.17) is 15.6 Å². The zero-order valence-corrected chi connectivity index (χ0v) is 8.19. The summed E-state index contributed by atoms with van der Waals surface area (Å²) in [6.07, 6.45) is 0. The second-order valence-electron chi connectivity index (χ2n) is 3.01. The molecule has 1 aromatic carbocycles. The van der Waals surface area contributed by atoms with E-state index in [2.05, 4.69) is 0 Å². The topological polar surface area (TPSA) is 89.6 Å². The van der Waals surface area contributed by atoms with E-state index in [-0.39, 0.29) is 17.9 Å². The number of carboxylic acids is 1. The van der Waals surface area contributed by atoms with E-state index in [1.54, 1.807) is 19.1 Å². The van der Waals surface area contributed by atoms with Crippen LogP contribution in [0.3, 0.4) is 0 Å². The van der Waals surface area contributed by atoms with Gasteiger partial charge in [0.2, 0.25) is 0 Å². The average Bonchev–Trinajstić information content (AvgIpc) is 2.15. The lowest BCUT2D eigenvalue weighted by Crippen LogP contribution is -2.21. The maximum Gasteiger partial charge on any atom is 0.339 e. The van der Waals surface area contributed by atoms with Gasteiger partial charge >= 0.3 is 5.97 Å². The van der Waals surface area contributed by atoms with Crippen LogP contribution in [0.5, 0.6) is 5.75 Å². The van der Waals surface area contributed by atoms with E-state index >= 15 is 0 Å². The lowest BCUT2D eigenvalue weighted by Gasteiger charge is -2.09. The summed E-state index contributed by atoms with van der Waals surface area (Å²) in [7, 11) is 0. The fourth-order valence-corrected chi connectivity index (χ4v) is 1.16. The van der Waals surface area contributed by atoms with Crippen LogP contribution in [0.1, 0.15) is 15.9 Å². The summed E-state index contributed by atoms with van der Waals surface area (Å²) in [6.45, 7) is 1.37. The van der Waals surface area contributed by atoms with Gasteiger partial charge in [-0.25, -0.2) is 4.79 Å². The Morgan fingerprint density at radius 1 is 1.47 bits per heavy atom. The van der Waals surface area contributed by atoms with E-state index in [9.17, 15) is 9.59 Å². The number of amides is 1. The van der Waals surface area contributed by atoms with Crippen molar-refractivity contribution in [3.63, 3.8) is 0 Å². The van der Waals surface area contributed by atoms with Gasteiger partial charge in [-0.3, -0.25) is 4.79 Å². The van der Waals surface area contributed by atoms with Gasteiger partial charge in [-0.05, 0) is 18.6 Å². The zero-order chi connectivity index (χ0) is 11.4. The summed E-state index contributed by atoms with van der Waals surface area (Å²) >= 11 is 0. The molecule has 0 fully saturated rings. The van der Waals surface area contributed by atoms with Crippen LogP contribution in [0, 0.1) is 6.92 Å². The van der Waals surface area contributed by atoms with Crippen molar-refractivity contribution in [1.82, 2.24) is 0 Å². The summed E-state index contributed by atoms with van der Waals surface area (Å²) < 4.78 is 5.04. The molecule has 0 radical (unpaired) electrons.